The normalized spacial score (nSPS) is 15.9. The van der Waals surface area contributed by atoms with Gasteiger partial charge >= 0.3 is 5.97 Å². The van der Waals surface area contributed by atoms with E-state index in [0.717, 1.165) is 11.1 Å². The molecule has 1 heterocycles. The number of carboxylic acids is 1. The number of thioether (sulfide) groups is 1. The molecule has 33 heavy (non-hydrogen) atoms. The smallest absolute Gasteiger partial charge is 0.335 e. The van der Waals surface area contributed by atoms with Crippen LogP contribution in [0.4, 0.5) is 5.69 Å². The predicted molar refractivity (Wildman–Crippen MR) is 131 cm³/mol. The van der Waals surface area contributed by atoms with E-state index in [-0.39, 0.29) is 11.5 Å². The van der Waals surface area contributed by atoms with Crippen LogP contribution in [0.5, 0.6) is 5.75 Å². The van der Waals surface area contributed by atoms with Crippen molar-refractivity contribution in [3.05, 3.63) is 99.4 Å². The Bertz CT molecular complexity index is 1270. The molecule has 3 aromatic carbocycles. The van der Waals surface area contributed by atoms with Gasteiger partial charge in [0.1, 0.15) is 12.4 Å². The number of halogens is 1. The summed E-state index contributed by atoms with van der Waals surface area (Å²) in [6.07, 6.45) is 1.79. The summed E-state index contributed by atoms with van der Waals surface area (Å²) in [6, 6.07) is 21.2. The molecular weight excluding hydrogens is 460 g/mol. The first-order valence-electron chi connectivity index (χ1n) is 9.96. The minimum Gasteiger partial charge on any atom is -0.489 e. The van der Waals surface area contributed by atoms with E-state index in [0.29, 0.717) is 33.1 Å². The summed E-state index contributed by atoms with van der Waals surface area (Å²) in [4.78, 5) is 30.3. The van der Waals surface area contributed by atoms with Crippen molar-refractivity contribution in [2.75, 3.05) is 7.05 Å². The van der Waals surface area contributed by atoms with E-state index in [1.165, 1.54) is 28.8 Å². The van der Waals surface area contributed by atoms with Crippen LogP contribution in [-0.2, 0) is 11.4 Å². The molecule has 0 saturated carbocycles. The van der Waals surface area contributed by atoms with Gasteiger partial charge in [-0.2, -0.15) is 0 Å². The third-order valence-corrected chi connectivity index (χ3v) is 6.28. The zero-order valence-electron chi connectivity index (χ0n) is 17.6. The minimum absolute atomic E-state index is 0.140. The van der Waals surface area contributed by atoms with Crippen LogP contribution in [0.25, 0.3) is 6.08 Å². The number of carboxylic acid groups (broad SMARTS) is 1. The summed E-state index contributed by atoms with van der Waals surface area (Å²) in [5.41, 5.74) is 2.36. The zero-order chi connectivity index (χ0) is 23.4. The van der Waals surface area contributed by atoms with Crippen molar-refractivity contribution < 1.29 is 19.4 Å². The molecule has 4 rings (SSSR count). The number of amidine groups is 1. The second kappa shape index (κ2) is 9.94. The highest BCUT2D eigenvalue weighted by atomic mass is 35.5. The fraction of sp³-hybridized carbons (Fsp3) is 0.0800. The Morgan fingerprint density at radius 2 is 1.88 bits per heavy atom. The molecule has 1 N–H and O–H groups in total. The van der Waals surface area contributed by atoms with Crippen molar-refractivity contribution in [1.29, 1.82) is 0 Å². The highest BCUT2D eigenvalue weighted by Crippen LogP contribution is 2.33. The molecule has 0 aliphatic carbocycles. The Morgan fingerprint density at radius 1 is 1.12 bits per heavy atom. The summed E-state index contributed by atoms with van der Waals surface area (Å²) in [6.45, 7) is 0.363. The number of amides is 1. The first-order valence-corrected chi connectivity index (χ1v) is 11.2. The molecule has 0 unspecified atom stereocenters. The van der Waals surface area contributed by atoms with Gasteiger partial charge in [0.2, 0.25) is 0 Å². The number of carbonyl (C=O) groups excluding carboxylic acids is 1. The van der Waals surface area contributed by atoms with Crippen LogP contribution >= 0.6 is 23.4 Å². The summed E-state index contributed by atoms with van der Waals surface area (Å²) < 4.78 is 5.80. The summed E-state index contributed by atoms with van der Waals surface area (Å²) in [5, 5.41) is 10.3. The van der Waals surface area contributed by atoms with Crippen LogP contribution in [0.2, 0.25) is 5.02 Å². The van der Waals surface area contributed by atoms with Crippen molar-refractivity contribution in [1.82, 2.24) is 4.90 Å². The number of hydrogen-bond acceptors (Lipinski definition) is 5. The second-order valence-electron chi connectivity index (χ2n) is 7.17. The maximum absolute atomic E-state index is 12.7. The lowest BCUT2D eigenvalue weighted by atomic mass is 10.2. The van der Waals surface area contributed by atoms with Gasteiger partial charge in [0, 0.05) is 17.6 Å². The first-order chi connectivity index (χ1) is 15.9. The van der Waals surface area contributed by atoms with Gasteiger partial charge in [-0.15, -0.1) is 0 Å². The van der Waals surface area contributed by atoms with Gasteiger partial charge in [0.15, 0.2) is 5.17 Å². The van der Waals surface area contributed by atoms with E-state index in [2.05, 4.69) is 4.99 Å². The van der Waals surface area contributed by atoms with Crippen molar-refractivity contribution in [2.45, 2.75) is 6.61 Å². The highest BCUT2D eigenvalue weighted by Gasteiger charge is 2.30. The molecule has 1 saturated heterocycles. The molecule has 1 fully saturated rings. The quantitative estimate of drug-likeness (QED) is 0.449. The van der Waals surface area contributed by atoms with Gasteiger partial charge in [-0.1, -0.05) is 48.0 Å². The predicted octanol–water partition coefficient (Wildman–Crippen LogP) is 5.85. The zero-order valence-corrected chi connectivity index (χ0v) is 19.1. The third-order valence-electron chi connectivity index (χ3n) is 4.85. The van der Waals surface area contributed by atoms with Crippen LogP contribution in [0.15, 0.2) is 82.7 Å². The SMILES string of the molecule is CN1C(=O)C(=Cc2ccc(OCc3ccccc3Cl)cc2)SC1=Nc1cccc(C(=O)O)c1. The van der Waals surface area contributed by atoms with Crippen LogP contribution < -0.4 is 4.74 Å². The molecule has 1 aliphatic rings. The van der Waals surface area contributed by atoms with Gasteiger partial charge in [-0.3, -0.25) is 9.69 Å². The van der Waals surface area contributed by atoms with E-state index >= 15 is 0 Å². The molecule has 1 aliphatic heterocycles. The van der Waals surface area contributed by atoms with Crippen LogP contribution in [0.3, 0.4) is 0 Å². The number of carbonyl (C=O) groups is 2. The van der Waals surface area contributed by atoms with Gasteiger partial charge in [-0.25, -0.2) is 9.79 Å². The maximum Gasteiger partial charge on any atom is 0.335 e. The van der Waals surface area contributed by atoms with Crippen LogP contribution in [-0.4, -0.2) is 34.1 Å². The Balaban J connectivity index is 1.46. The van der Waals surface area contributed by atoms with Crippen molar-refractivity contribution in [3.8, 4) is 5.75 Å². The maximum atomic E-state index is 12.7. The average Bonchev–Trinajstić information content (AvgIpc) is 3.07. The number of ether oxygens (including phenoxy) is 1. The van der Waals surface area contributed by atoms with Crippen LogP contribution in [0.1, 0.15) is 21.5 Å². The Kier molecular flexibility index (Phi) is 6.82. The minimum atomic E-state index is -1.03. The molecule has 0 atom stereocenters. The lowest BCUT2D eigenvalue weighted by Crippen LogP contribution is -2.23. The lowest BCUT2D eigenvalue weighted by molar-refractivity contribution is -0.121. The van der Waals surface area contributed by atoms with Crippen molar-refractivity contribution in [2.24, 2.45) is 4.99 Å². The molecule has 6 nitrogen and oxygen atoms in total. The van der Waals surface area contributed by atoms with Gasteiger partial charge < -0.3 is 9.84 Å². The summed E-state index contributed by atoms with van der Waals surface area (Å²) in [7, 11) is 1.64. The van der Waals surface area contributed by atoms with Crippen molar-refractivity contribution >= 4 is 52.2 Å². The van der Waals surface area contributed by atoms with E-state index in [9.17, 15) is 9.59 Å². The molecule has 166 valence electrons. The van der Waals surface area contributed by atoms with Gasteiger partial charge in [0.05, 0.1) is 16.2 Å². The summed E-state index contributed by atoms with van der Waals surface area (Å²) in [5.74, 6) is -0.507. The molecule has 0 radical (unpaired) electrons. The number of likely N-dealkylation sites (N-methyl/N-ethyl adjacent to an activating group) is 1. The molecule has 0 spiro atoms. The molecule has 3 aromatic rings. The number of hydrogen-bond donors (Lipinski definition) is 1. The number of aliphatic imine (C=N–C) groups is 1. The standard InChI is InChI=1S/C25H19ClN2O4S/c1-28-23(29)22(33-25(28)27-19-7-4-6-17(14-19)24(30)31)13-16-9-11-20(12-10-16)32-15-18-5-2-3-8-21(18)26/h2-14H,15H2,1H3,(H,30,31). The van der Waals surface area contributed by atoms with Gasteiger partial charge in [-0.05, 0) is 59.8 Å². The Morgan fingerprint density at radius 3 is 2.61 bits per heavy atom. The molecular formula is C25H19ClN2O4S. The fourth-order valence-corrected chi connectivity index (χ4v) is 4.24. The second-order valence-corrected chi connectivity index (χ2v) is 8.59. The summed E-state index contributed by atoms with van der Waals surface area (Å²) >= 11 is 7.40. The Labute approximate surface area is 200 Å². The largest absolute Gasteiger partial charge is 0.489 e. The molecule has 0 aromatic heterocycles. The third kappa shape index (κ3) is 5.45. The monoisotopic (exact) mass is 478 g/mol. The number of rotatable bonds is 6. The lowest BCUT2D eigenvalue weighted by Gasteiger charge is -2.08. The first kappa shape index (κ1) is 22.6. The highest BCUT2D eigenvalue weighted by molar-refractivity contribution is 8.18. The van der Waals surface area contributed by atoms with E-state index in [1.54, 1.807) is 25.3 Å². The average molecular weight is 479 g/mol. The van der Waals surface area contributed by atoms with Gasteiger partial charge in [0.25, 0.3) is 5.91 Å². The van der Waals surface area contributed by atoms with E-state index < -0.39 is 5.97 Å². The number of nitrogens with zero attached hydrogens (tertiary/aromatic N) is 2. The number of benzene rings is 3. The van der Waals surface area contributed by atoms with Crippen molar-refractivity contribution in [3.63, 3.8) is 0 Å². The van der Waals surface area contributed by atoms with Crippen LogP contribution in [0, 0.1) is 0 Å². The molecule has 1 amide bonds. The van der Waals surface area contributed by atoms with E-state index in [4.69, 9.17) is 21.4 Å². The van der Waals surface area contributed by atoms with E-state index in [1.807, 2.05) is 48.5 Å². The topological polar surface area (TPSA) is 79.2 Å². The number of aromatic carboxylic acids is 1. The Hall–Kier alpha value is -3.55. The molecule has 0 bridgehead atoms. The fourth-order valence-electron chi connectivity index (χ4n) is 3.06. The molecule has 8 heteroatoms.